The van der Waals surface area contributed by atoms with Crippen LogP contribution in [-0.4, -0.2) is 46.4 Å². The minimum Gasteiger partial charge on any atom is -0.444 e. The average molecular weight is 371 g/mol. The number of halogens is 2. The molecule has 0 spiro atoms. The Bertz CT molecular complexity index is 650. The van der Waals surface area contributed by atoms with E-state index in [-0.39, 0.29) is 43.3 Å². The van der Waals surface area contributed by atoms with Gasteiger partial charge in [-0.15, -0.1) is 0 Å². The highest BCUT2D eigenvalue weighted by molar-refractivity contribution is 6.31. The van der Waals surface area contributed by atoms with Crippen LogP contribution in [0.2, 0.25) is 5.02 Å². The third kappa shape index (κ3) is 5.16. The van der Waals surface area contributed by atoms with Crippen molar-refractivity contribution < 1.29 is 19.0 Å². The van der Waals surface area contributed by atoms with E-state index in [4.69, 9.17) is 21.4 Å². The molecule has 1 amide bonds. The van der Waals surface area contributed by atoms with Gasteiger partial charge in [0.2, 0.25) is 0 Å². The van der Waals surface area contributed by atoms with Crippen LogP contribution in [-0.2, 0) is 10.4 Å². The van der Waals surface area contributed by atoms with Crippen molar-refractivity contribution in [3.8, 4) is 0 Å². The Morgan fingerprint density at radius 1 is 1.48 bits per heavy atom. The van der Waals surface area contributed by atoms with Gasteiger partial charge in [0.05, 0.1) is 17.3 Å². The zero-order valence-electron chi connectivity index (χ0n) is 14.8. The number of likely N-dealkylation sites (tertiary alicyclic amines) is 1. The third-order valence-corrected chi connectivity index (χ3v) is 4.20. The Hall–Kier alpha value is -1.66. The molecule has 1 saturated heterocycles. The van der Waals surface area contributed by atoms with Crippen LogP contribution in [0.25, 0.3) is 6.08 Å². The van der Waals surface area contributed by atoms with Crippen LogP contribution in [0.1, 0.15) is 44.9 Å². The quantitative estimate of drug-likeness (QED) is 0.875. The SMILES string of the molecule is CC(C)(C)OC(=O)N1CCC(F)(c2ncc(C=CCO)cc2Cl)CC1. The van der Waals surface area contributed by atoms with Crippen molar-refractivity contribution in [2.24, 2.45) is 0 Å². The number of carbonyl (C=O) groups excluding carboxylic acids is 1. The fraction of sp³-hybridized carbons (Fsp3) is 0.556. The monoisotopic (exact) mass is 370 g/mol. The highest BCUT2D eigenvalue weighted by atomic mass is 35.5. The molecule has 0 bridgehead atoms. The van der Waals surface area contributed by atoms with Crippen LogP contribution in [0.3, 0.4) is 0 Å². The smallest absolute Gasteiger partial charge is 0.410 e. The lowest BCUT2D eigenvalue weighted by Gasteiger charge is -2.37. The lowest BCUT2D eigenvalue weighted by Crippen LogP contribution is -2.45. The van der Waals surface area contributed by atoms with Crippen molar-refractivity contribution >= 4 is 23.8 Å². The van der Waals surface area contributed by atoms with Gasteiger partial charge in [-0.1, -0.05) is 23.8 Å². The van der Waals surface area contributed by atoms with Gasteiger partial charge in [-0.2, -0.15) is 0 Å². The zero-order chi connectivity index (χ0) is 18.7. The van der Waals surface area contributed by atoms with Crippen LogP contribution < -0.4 is 0 Å². The first-order valence-electron chi connectivity index (χ1n) is 8.25. The maximum Gasteiger partial charge on any atom is 0.410 e. The first kappa shape index (κ1) is 19.7. The molecule has 7 heteroatoms. The molecular weight excluding hydrogens is 347 g/mol. The summed E-state index contributed by atoms with van der Waals surface area (Å²) in [4.78, 5) is 17.8. The van der Waals surface area contributed by atoms with Gasteiger partial charge in [-0.05, 0) is 32.4 Å². The molecule has 1 aliphatic rings. The molecular formula is C18H24ClFN2O3. The number of piperidine rings is 1. The molecule has 0 saturated carbocycles. The molecule has 1 aromatic heterocycles. The molecule has 0 atom stereocenters. The maximum absolute atomic E-state index is 15.3. The highest BCUT2D eigenvalue weighted by Gasteiger charge is 2.41. The summed E-state index contributed by atoms with van der Waals surface area (Å²) >= 11 is 6.21. The summed E-state index contributed by atoms with van der Waals surface area (Å²) in [7, 11) is 0. The zero-order valence-corrected chi connectivity index (χ0v) is 15.5. The topological polar surface area (TPSA) is 62.7 Å². The van der Waals surface area contributed by atoms with E-state index in [2.05, 4.69) is 4.98 Å². The van der Waals surface area contributed by atoms with Crippen molar-refractivity contribution in [2.45, 2.75) is 44.9 Å². The van der Waals surface area contributed by atoms with Gasteiger partial charge in [0.25, 0.3) is 0 Å². The lowest BCUT2D eigenvalue weighted by molar-refractivity contribution is 0.00129. The molecule has 138 valence electrons. The van der Waals surface area contributed by atoms with E-state index in [1.807, 2.05) is 0 Å². The van der Waals surface area contributed by atoms with Crippen molar-refractivity contribution in [3.05, 3.63) is 34.6 Å². The predicted octanol–water partition coefficient (Wildman–Crippen LogP) is 3.94. The second kappa shape index (κ2) is 7.70. The maximum atomic E-state index is 15.3. The van der Waals surface area contributed by atoms with Crippen molar-refractivity contribution in [1.29, 1.82) is 0 Å². The summed E-state index contributed by atoms with van der Waals surface area (Å²) in [6.45, 7) is 5.79. The number of alkyl halides is 1. The van der Waals surface area contributed by atoms with E-state index in [9.17, 15) is 4.79 Å². The highest BCUT2D eigenvalue weighted by Crippen LogP contribution is 2.39. The fourth-order valence-corrected chi connectivity index (χ4v) is 3.01. The minimum absolute atomic E-state index is 0.0904. The molecule has 0 aromatic carbocycles. The largest absolute Gasteiger partial charge is 0.444 e. The van der Waals surface area contributed by atoms with Crippen LogP contribution in [0.5, 0.6) is 0 Å². The van der Waals surface area contributed by atoms with Gasteiger partial charge in [0, 0.05) is 32.1 Å². The van der Waals surface area contributed by atoms with E-state index in [1.54, 1.807) is 39.0 Å². The van der Waals surface area contributed by atoms with E-state index >= 15 is 4.39 Å². The molecule has 1 aliphatic heterocycles. The summed E-state index contributed by atoms with van der Waals surface area (Å²) in [5.74, 6) is 0. The van der Waals surface area contributed by atoms with Crippen LogP contribution in [0.15, 0.2) is 18.3 Å². The number of ether oxygens (including phenoxy) is 1. The second-order valence-corrected chi connectivity index (χ2v) is 7.52. The molecule has 0 radical (unpaired) electrons. The van der Waals surface area contributed by atoms with Gasteiger partial charge in [-0.3, -0.25) is 4.98 Å². The molecule has 1 aromatic rings. The second-order valence-electron chi connectivity index (χ2n) is 7.12. The Balaban J connectivity index is 2.07. The lowest BCUT2D eigenvalue weighted by atomic mass is 9.89. The van der Waals surface area contributed by atoms with Gasteiger partial charge in [0.15, 0.2) is 5.67 Å². The Kier molecular flexibility index (Phi) is 6.06. The Morgan fingerprint density at radius 3 is 2.64 bits per heavy atom. The fourth-order valence-electron chi connectivity index (χ4n) is 2.67. The predicted molar refractivity (Wildman–Crippen MR) is 95.2 cm³/mol. The van der Waals surface area contributed by atoms with E-state index in [1.165, 1.54) is 11.1 Å². The van der Waals surface area contributed by atoms with Crippen LogP contribution in [0.4, 0.5) is 9.18 Å². The van der Waals surface area contributed by atoms with E-state index in [0.29, 0.717) is 5.56 Å². The molecule has 1 fully saturated rings. The van der Waals surface area contributed by atoms with Crippen LogP contribution >= 0.6 is 11.6 Å². The normalized spacial score (nSPS) is 17.8. The van der Waals surface area contributed by atoms with Gasteiger partial charge in [-0.25, -0.2) is 9.18 Å². The molecule has 0 aliphatic carbocycles. The number of hydrogen-bond donors (Lipinski definition) is 1. The number of amides is 1. The number of pyridine rings is 1. The first-order valence-corrected chi connectivity index (χ1v) is 8.63. The Morgan fingerprint density at radius 2 is 2.12 bits per heavy atom. The van der Waals surface area contributed by atoms with Crippen molar-refractivity contribution in [1.82, 2.24) is 9.88 Å². The minimum atomic E-state index is -1.67. The number of aliphatic hydroxyl groups is 1. The van der Waals surface area contributed by atoms with Gasteiger partial charge < -0.3 is 14.7 Å². The summed E-state index contributed by atoms with van der Waals surface area (Å²) in [5, 5.41) is 9.04. The number of hydrogen-bond acceptors (Lipinski definition) is 4. The summed E-state index contributed by atoms with van der Waals surface area (Å²) in [6.07, 6.45) is 4.54. The molecule has 2 heterocycles. The average Bonchev–Trinajstić information content (AvgIpc) is 2.51. The molecule has 0 unspecified atom stereocenters. The first-order chi connectivity index (χ1) is 11.6. The number of carbonyl (C=O) groups is 1. The number of aromatic nitrogens is 1. The van der Waals surface area contributed by atoms with Gasteiger partial charge in [0.1, 0.15) is 5.60 Å². The summed E-state index contributed by atoms with van der Waals surface area (Å²) in [5.41, 5.74) is -1.37. The standard InChI is InChI=1S/C18H24ClFN2O3/c1-17(2,3)25-16(24)22-8-6-18(20,7-9-22)15-14(19)11-13(12-21-15)5-4-10-23/h4-5,11-12,23H,6-10H2,1-3H3. The molecule has 2 rings (SSSR count). The molecule has 25 heavy (non-hydrogen) atoms. The van der Waals surface area contributed by atoms with E-state index < -0.39 is 17.4 Å². The number of rotatable bonds is 3. The van der Waals surface area contributed by atoms with Crippen molar-refractivity contribution in [3.63, 3.8) is 0 Å². The molecule has 1 N–H and O–H groups in total. The Labute approximate surface area is 152 Å². The van der Waals surface area contributed by atoms with Gasteiger partial charge >= 0.3 is 6.09 Å². The number of aliphatic hydroxyl groups excluding tert-OH is 1. The number of nitrogens with zero attached hydrogens (tertiary/aromatic N) is 2. The third-order valence-electron chi connectivity index (χ3n) is 3.91. The van der Waals surface area contributed by atoms with Crippen LogP contribution in [0, 0.1) is 0 Å². The summed E-state index contributed by atoms with van der Waals surface area (Å²) in [6, 6.07) is 1.62. The van der Waals surface area contributed by atoms with E-state index in [0.717, 1.165) is 0 Å². The molecule has 5 nitrogen and oxygen atoms in total. The summed E-state index contributed by atoms with van der Waals surface area (Å²) < 4.78 is 20.7. The van der Waals surface area contributed by atoms with Crippen molar-refractivity contribution in [2.75, 3.05) is 19.7 Å².